The van der Waals surface area contributed by atoms with Crippen molar-refractivity contribution in [2.24, 2.45) is 5.92 Å². The zero-order valence-electron chi connectivity index (χ0n) is 15.8. The van der Waals surface area contributed by atoms with E-state index >= 15 is 0 Å². The van der Waals surface area contributed by atoms with E-state index in [0.717, 1.165) is 32.2 Å². The summed E-state index contributed by atoms with van der Waals surface area (Å²) in [6.07, 6.45) is 3.36. The largest absolute Gasteiger partial charge is 0.493 e. The van der Waals surface area contributed by atoms with E-state index in [-0.39, 0.29) is 17.2 Å². The molecule has 1 spiro atoms. The molecule has 0 unspecified atom stereocenters. The van der Waals surface area contributed by atoms with E-state index < -0.39 is 11.5 Å². The van der Waals surface area contributed by atoms with E-state index in [0.29, 0.717) is 30.6 Å². The van der Waals surface area contributed by atoms with E-state index in [1.807, 2.05) is 0 Å². The topological polar surface area (TPSA) is 112 Å². The lowest BCUT2D eigenvalue weighted by Gasteiger charge is -2.42. The third kappa shape index (κ3) is 3.95. The molecule has 2 aliphatic rings. The fourth-order valence-corrected chi connectivity index (χ4v) is 3.81. The molecule has 1 aromatic carbocycles. The maximum Gasteiger partial charge on any atom is 0.340 e. The number of carbonyl (C=O) groups excluding carboxylic acids is 2. The number of esters is 1. The van der Waals surface area contributed by atoms with Crippen LogP contribution in [-0.2, 0) is 9.53 Å². The number of carbonyl (C=O) groups is 2. The van der Waals surface area contributed by atoms with E-state index in [1.165, 1.54) is 14.2 Å². The summed E-state index contributed by atoms with van der Waals surface area (Å²) in [5.41, 5.74) is 5.99. The third-order valence-electron chi connectivity index (χ3n) is 5.48. The molecule has 0 bridgehead atoms. The summed E-state index contributed by atoms with van der Waals surface area (Å²) in [5.74, 6) is 0.850. The number of benzene rings is 1. The monoisotopic (exact) mass is 377 g/mol. The number of hydrogen-bond acceptors (Lipinski definition) is 7. The van der Waals surface area contributed by atoms with Gasteiger partial charge in [-0.3, -0.25) is 4.79 Å². The summed E-state index contributed by atoms with van der Waals surface area (Å²) in [4.78, 5) is 24.1. The van der Waals surface area contributed by atoms with E-state index in [2.05, 4.69) is 10.6 Å². The van der Waals surface area contributed by atoms with Crippen LogP contribution in [0.4, 0.5) is 5.69 Å². The average Bonchev–Trinajstić information content (AvgIpc) is 2.69. The maximum atomic E-state index is 12.2. The normalized spacial score (nSPS) is 25.0. The maximum absolute atomic E-state index is 12.2. The first kappa shape index (κ1) is 19.3. The van der Waals surface area contributed by atoms with Gasteiger partial charge in [0.25, 0.3) is 0 Å². The number of nitrogen functional groups attached to an aromatic ring is 1. The number of nitrogens with one attached hydrogen (secondary N) is 2. The fourth-order valence-electron chi connectivity index (χ4n) is 3.81. The number of ether oxygens (including phenoxy) is 3. The van der Waals surface area contributed by atoms with Crippen molar-refractivity contribution in [3.05, 3.63) is 17.7 Å². The molecule has 148 valence electrons. The Balaban J connectivity index is 1.63. The molecule has 4 N–H and O–H groups in total. The molecule has 1 heterocycles. The summed E-state index contributed by atoms with van der Waals surface area (Å²) >= 11 is 0. The lowest BCUT2D eigenvalue weighted by Crippen LogP contribution is -2.64. The summed E-state index contributed by atoms with van der Waals surface area (Å²) in [5, 5.41) is 6.34. The molecule has 1 amide bonds. The molecule has 1 aliphatic carbocycles. The summed E-state index contributed by atoms with van der Waals surface area (Å²) in [6, 6.07) is 3.12. The predicted molar refractivity (Wildman–Crippen MR) is 99.9 cm³/mol. The molecule has 0 atom stereocenters. The molecule has 1 saturated heterocycles. The molecule has 8 heteroatoms. The molecule has 0 aromatic heterocycles. The van der Waals surface area contributed by atoms with Crippen LogP contribution in [0.5, 0.6) is 11.5 Å². The van der Waals surface area contributed by atoms with Crippen molar-refractivity contribution < 1.29 is 23.8 Å². The van der Waals surface area contributed by atoms with Crippen molar-refractivity contribution in [3.63, 3.8) is 0 Å². The molecule has 8 nitrogen and oxygen atoms in total. The van der Waals surface area contributed by atoms with Gasteiger partial charge in [-0.15, -0.1) is 0 Å². The second-order valence-corrected chi connectivity index (χ2v) is 7.10. The fraction of sp³-hybridized carbons (Fsp3) is 0.579. The van der Waals surface area contributed by atoms with Gasteiger partial charge < -0.3 is 30.6 Å². The van der Waals surface area contributed by atoms with E-state index in [4.69, 9.17) is 19.9 Å². The highest BCUT2D eigenvalue weighted by Gasteiger charge is 2.42. The summed E-state index contributed by atoms with van der Waals surface area (Å²) in [7, 11) is 2.83. The molecule has 0 radical (unpaired) electrons. The van der Waals surface area contributed by atoms with Crippen molar-refractivity contribution in [1.82, 2.24) is 10.6 Å². The minimum Gasteiger partial charge on any atom is -0.493 e. The van der Waals surface area contributed by atoms with Crippen molar-refractivity contribution in [3.8, 4) is 11.5 Å². The highest BCUT2D eigenvalue weighted by Crippen LogP contribution is 2.36. The number of rotatable bonds is 5. The Morgan fingerprint density at radius 2 is 1.96 bits per heavy atom. The number of nitrogens with two attached hydrogens (primary N) is 1. The lowest BCUT2D eigenvalue weighted by atomic mass is 9.75. The average molecular weight is 377 g/mol. The standard InChI is InChI=1S/C19H27N3O5/c1-25-15-10-14(20)13(17(23)26-2)9-16(15)27-11-12-3-5-19(6-4-12)18(24)21-7-8-22-19/h9-10,12,22H,3-8,11,20H2,1-2H3,(H,21,24). The van der Waals surface area contributed by atoms with E-state index in [9.17, 15) is 9.59 Å². The first-order valence-corrected chi connectivity index (χ1v) is 9.21. The number of hydrogen-bond donors (Lipinski definition) is 3. The van der Waals surface area contributed by atoms with Crippen LogP contribution < -0.4 is 25.8 Å². The van der Waals surface area contributed by atoms with Gasteiger partial charge in [-0.2, -0.15) is 0 Å². The zero-order valence-corrected chi connectivity index (χ0v) is 15.8. The van der Waals surface area contributed by atoms with Gasteiger partial charge >= 0.3 is 5.97 Å². The molecule has 1 aliphatic heterocycles. The number of anilines is 1. The van der Waals surface area contributed by atoms with Gasteiger partial charge in [0.1, 0.15) is 0 Å². The van der Waals surface area contributed by atoms with Gasteiger partial charge in [0.05, 0.1) is 37.6 Å². The highest BCUT2D eigenvalue weighted by atomic mass is 16.5. The van der Waals surface area contributed by atoms with Gasteiger partial charge in [0, 0.05) is 25.2 Å². The van der Waals surface area contributed by atoms with Gasteiger partial charge in [-0.05, 0) is 31.6 Å². The lowest BCUT2D eigenvalue weighted by molar-refractivity contribution is -0.131. The minimum absolute atomic E-state index is 0.107. The quantitative estimate of drug-likeness (QED) is 0.520. The molecular weight excluding hydrogens is 350 g/mol. The minimum atomic E-state index is -0.519. The molecule has 3 rings (SSSR count). The summed E-state index contributed by atoms with van der Waals surface area (Å²) in [6.45, 7) is 1.98. The number of methoxy groups -OCH3 is 2. The predicted octanol–water partition coefficient (Wildman–Crippen LogP) is 1.09. The van der Waals surface area contributed by atoms with Gasteiger partial charge in [0.15, 0.2) is 11.5 Å². The Kier molecular flexibility index (Phi) is 5.74. The Labute approximate surface area is 158 Å². The molecule has 27 heavy (non-hydrogen) atoms. The van der Waals surface area contributed by atoms with Crippen molar-refractivity contribution in [2.45, 2.75) is 31.2 Å². The molecule has 2 fully saturated rings. The van der Waals surface area contributed by atoms with Crippen molar-refractivity contribution >= 4 is 17.6 Å². The zero-order chi connectivity index (χ0) is 19.4. The van der Waals surface area contributed by atoms with Crippen LogP contribution in [0.1, 0.15) is 36.0 Å². The van der Waals surface area contributed by atoms with Crippen LogP contribution in [0.15, 0.2) is 12.1 Å². The van der Waals surface area contributed by atoms with Gasteiger partial charge in [-0.25, -0.2) is 4.79 Å². The van der Waals surface area contributed by atoms with E-state index in [1.54, 1.807) is 12.1 Å². The van der Waals surface area contributed by atoms with Crippen molar-refractivity contribution in [1.29, 1.82) is 0 Å². The smallest absolute Gasteiger partial charge is 0.340 e. The number of piperazine rings is 1. The summed E-state index contributed by atoms with van der Waals surface area (Å²) < 4.78 is 16.0. The Morgan fingerprint density at radius 3 is 2.59 bits per heavy atom. The van der Waals surface area contributed by atoms with Crippen molar-refractivity contribution in [2.75, 3.05) is 39.6 Å². The van der Waals surface area contributed by atoms with Crippen LogP contribution in [0, 0.1) is 5.92 Å². The Morgan fingerprint density at radius 1 is 1.22 bits per heavy atom. The molecular formula is C19H27N3O5. The van der Waals surface area contributed by atoms with Crippen LogP contribution in [0.3, 0.4) is 0 Å². The first-order chi connectivity index (χ1) is 13.0. The second-order valence-electron chi connectivity index (χ2n) is 7.10. The third-order valence-corrected chi connectivity index (χ3v) is 5.48. The van der Waals surface area contributed by atoms with Crippen LogP contribution in [0.2, 0.25) is 0 Å². The van der Waals surface area contributed by atoms with Crippen LogP contribution in [-0.4, -0.2) is 51.3 Å². The van der Waals surface area contributed by atoms with Gasteiger partial charge in [-0.1, -0.05) is 0 Å². The van der Waals surface area contributed by atoms with Gasteiger partial charge in [0.2, 0.25) is 5.91 Å². The van der Waals surface area contributed by atoms with Crippen LogP contribution in [0.25, 0.3) is 0 Å². The molecule has 1 saturated carbocycles. The SMILES string of the molecule is COC(=O)c1cc(OCC2CCC3(CC2)NCCNC3=O)c(OC)cc1N. The Hall–Kier alpha value is -2.48. The van der Waals surface area contributed by atoms with Crippen LogP contribution >= 0.6 is 0 Å². The second kappa shape index (κ2) is 8.04. The first-order valence-electron chi connectivity index (χ1n) is 9.21. The Bertz CT molecular complexity index is 714. The molecule has 1 aromatic rings. The number of amides is 1. The highest BCUT2D eigenvalue weighted by molar-refractivity contribution is 5.96.